The van der Waals surface area contributed by atoms with Gasteiger partial charge in [0.15, 0.2) is 0 Å². The van der Waals surface area contributed by atoms with Crippen LogP contribution < -0.4 is 15.4 Å². The zero-order valence-corrected chi connectivity index (χ0v) is 12.5. The molecule has 0 aliphatic carbocycles. The highest BCUT2D eigenvalue weighted by atomic mass is 16.5. The van der Waals surface area contributed by atoms with Crippen LogP contribution in [0.2, 0.25) is 0 Å². The van der Waals surface area contributed by atoms with Crippen LogP contribution in [0.3, 0.4) is 0 Å². The Morgan fingerprint density at radius 3 is 2.65 bits per heavy atom. The summed E-state index contributed by atoms with van der Waals surface area (Å²) < 4.78 is 5.59. The van der Waals surface area contributed by atoms with Gasteiger partial charge in [-0.15, -0.1) is 0 Å². The first-order valence-corrected chi connectivity index (χ1v) is 7.40. The molecule has 20 heavy (non-hydrogen) atoms. The molecule has 1 rings (SSSR count). The Bertz CT molecular complexity index is 368. The third-order valence-electron chi connectivity index (χ3n) is 3.04. The smallest absolute Gasteiger partial charge is 0.223 e. The second-order valence-corrected chi connectivity index (χ2v) is 4.89. The molecule has 0 aliphatic rings. The lowest BCUT2D eigenvalue weighted by Crippen LogP contribution is -2.35. The fourth-order valence-electron chi connectivity index (χ4n) is 1.75. The van der Waals surface area contributed by atoms with Gasteiger partial charge in [-0.25, -0.2) is 0 Å². The second kappa shape index (κ2) is 10.3. The van der Waals surface area contributed by atoms with Gasteiger partial charge in [0, 0.05) is 19.0 Å². The van der Waals surface area contributed by atoms with E-state index in [2.05, 4.69) is 17.6 Å². The van der Waals surface area contributed by atoms with Crippen LogP contribution in [-0.2, 0) is 4.79 Å². The second-order valence-electron chi connectivity index (χ2n) is 4.89. The molecular formula is C16H26N2O2. The Hall–Kier alpha value is -1.55. The maximum Gasteiger partial charge on any atom is 0.223 e. The van der Waals surface area contributed by atoms with Crippen LogP contribution in [-0.4, -0.2) is 32.1 Å². The quantitative estimate of drug-likeness (QED) is 0.645. The zero-order chi connectivity index (χ0) is 14.6. The number of carbonyl (C=O) groups excluding carboxylic acids is 1. The number of rotatable bonds is 10. The summed E-state index contributed by atoms with van der Waals surface area (Å²) in [7, 11) is 0. The molecule has 4 nitrogen and oxygen atoms in total. The Balaban J connectivity index is 2.09. The summed E-state index contributed by atoms with van der Waals surface area (Å²) in [6, 6.07) is 9.67. The van der Waals surface area contributed by atoms with Crippen molar-refractivity contribution in [2.75, 3.05) is 26.2 Å². The molecule has 1 aromatic rings. The van der Waals surface area contributed by atoms with E-state index in [-0.39, 0.29) is 11.8 Å². The topological polar surface area (TPSA) is 50.4 Å². The van der Waals surface area contributed by atoms with E-state index in [0.717, 1.165) is 31.7 Å². The standard InChI is InChI=1S/C16H26N2O2/c1-3-10-17-11-12-18-16(19)14(2)9-13-20-15-7-5-4-6-8-15/h4-8,14,17H,3,9-13H2,1-2H3,(H,18,19). The molecule has 112 valence electrons. The van der Waals surface area contributed by atoms with Crippen LogP contribution in [0.25, 0.3) is 0 Å². The molecule has 0 spiro atoms. The molecule has 1 aromatic carbocycles. The van der Waals surface area contributed by atoms with Crippen LogP contribution in [0.4, 0.5) is 0 Å². The molecule has 0 aliphatic heterocycles. The number of hydrogen-bond acceptors (Lipinski definition) is 3. The lowest BCUT2D eigenvalue weighted by molar-refractivity contribution is -0.124. The van der Waals surface area contributed by atoms with E-state index >= 15 is 0 Å². The van der Waals surface area contributed by atoms with Crippen LogP contribution in [0.1, 0.15) is 26.7 Å². The van der Waals surface area contributed by atoms with E-state index in [9.17, 15) is 4.79 Å². The summed E-state index contributed by atoms with van der Waals surface area (Å²) >= 11 is 0. The lowest BCUT2D eigenvalue weighted by Gasteiger charge is -2.13. The summed E-state index contributed by atoms with van der Waals surface area (Å²) in [5.74, 6) is 0.925. The fraction of sp³-hybridized carbons (Fsp3) is 0.562. The minimum atomic E-state index is -0.0233. The Labute approximate surface area is 121 Å². The van der Waals surface area contributed by atoms with Crippen LogP contribution in [0, 0.1) is 5.92 Å². The zero-order valence-electron chi connectivity index (χ0n) is 12.5. The molecule has 1 amide bonds. The van der Waals surface area contributed by atoms with Gasteiger partial charge in [-0.05, 0) is 31.5 Å². The summed E-state index contributed by atoms with van der Waals surface area (Å²) in [6.07, 6.45) is 1.84. The van der Waals surface area contributed by atoms with E-state index in [1.807, 2.05) is 37.3 Å². The largest absolute Gasteiger partial charge is 0.494 e. The van der Waals surface area contributed by atoms with Crippen LogP contribution in [0.15, 0.2) is 30.3 Å². The van der Waals surface area contributed by atoms with Gasteiger partial charge in [-0.1, -0.05) is 32.0 Å². The average molecular weight is 278 g/mol. The molecule has 1 atom stereocenters. The number of benzene rings is 1. The number of amides is 1. The third kappa shape index (κ3) is 7.14. The van der Waals surface area contributed by atoms with Crippen molar-refractivity contribution in [1.82, 2.24) is 10.6 Å². The van der Waals surface area contributed by atoms with E-state index in [1.54, 1.807) is 0 Å². The van der Waals surface area contributed by atoms with Gasteiger partial charge in [0.25, 0.3) is 0 Å². The molecular weight excluding hydrogens is 252 g/mol. The number of carbonyl (C=O) groups is 1. The first-order valence-electron chi connectivity index (χ1n) is 7.40. The van der Waals surface area contributed by atoms with E-state index in [1.165, 1.54) is 0 Å². The van der Waals surface area contributed by atoms with E-state index in [0.29, 0.717) is 13.2 Å². The maximum absolute atomic E-state index is 11.8. The first-order chi connectivity index (χ1) is 9.74. The van der Waals surface area contributed by atoms with Gasteiger partial charge >= 0.3 is 0 Å². The van der Waals surface area contributed by atoms with Gasteiger partial charge in [0.2, 0.25) is 5.91 Å². The first kappa shape index (κ1) is 16.5. The number of ether oxygens (including phenoxy) is 1. The van der Waals surface area contributed by atoms with Crippen molar-refractivity contribution >= 4 is 5.91 Å². The van der Waals surface area contributed by atoms with Gasteiger partial charge in [0.05, 0.1) is 6.61 Å². The molecule has 2 N–H and O–H groups in total. The van der Waals surface area contributed by atoms with Crippen LogP contribution in [0.5, 0.6) is 5.75 Å². The number of hydrogen-bond donors (Lipinski definition) is 2. The summed E-state index contributed by atoms with van der Waals surface area (Å²) in [6.45, 7) is 7.13. The highest BCUT2D eigenvalue weighted by molar-refractivity contribution is 5.78. The Morgan fingerprint density at radius 1 is 1.20 bits per heavy atom. The van der Waals surface area contributed by atoms with Crippen molar-refractivity contribution in [3.8, 4) is 5.75 Å². The number of nitrogens with one attached hydrogen (secondary N) is 2. The summed E-state index contributed by atoms with van der Waals surface area (Å²) in [4.78, 5) is 11.8. The highest BCUT2D eigenvalue weighted by Gasteiger charge is 2.11. The minimum absolute atomic E-state index is 0.0233. The fourth-order valence-corrected chi connectivity index (χ4v) is 1.75. The van der Waals surface area contributed by atoms with E-state index < -0.39 is 0 Å². The van der Waals surface area contributed by atoms with Gasteiger partial charge < -0.3 is 15.4 Å². The van der Waals surface area contributed by atoms with Crippen molar-refractivity contribution in [1.29, 1.82) is 0 Å². The molecule has 0 aromatic heterocycles. The van der Waals surface area contributed by atoms with Crippen molar-refractivity contribution in [3.63, 3.8) is 0 Å². The normalized spacial score (nSPS) is 11.9. The summed E-state index contributed by atoms with van der Waals surface area (Å²) in [5, 5.41) is 6.19. The molecule has 1 unspecified atom stereocenters. The van der Waals surface area contributed by atoms with Crippen molar-refractivity contribution in [3.05, 3.63) is 30.3 Å². The molecule has 0 bridgehead atoms. The molecule has 0 saturated heterocycles. The highest BCUT2D eigenvalue weighted by Crippen LogP contribution is 2.10. The molecule has 0 radical (unpaired) electrons. The molecule has 0 heterocycles. The maximum atomic E-state index is 11.8. The Kier molecular flexibility index (Phi) is 8.47. The van der Waals surface area contributed by atoms with E-state index in [4.69, 9.17) is 4.74 Å². The summed E-state index contributed by atoms with van der Waals surface area (Å²) in [5.41, 5.74) is 0. The van der Waals surface area contributed by atoms with Crippen molar-refractivity contribution < 1.29 is 9.53 Å². The lowest BCUT2D eigenvalue weighted by atomic mass is 10.1. The molecule has 0 fully saturated rings. The van der Waals surface area contributed by atoms with Gasteiger partial charge in [-0.3, -0.25) is 4.79 Å². The Morgan fingerprint density at radius 2 is 1.95 bits per heavy atom. The predicted octanol–water partition coefficient (Wildman–Crippen LogP) is 2.21. The average Bonchev–Trinajstić information content (AvgIpc) is 2.47. The molecule has 0 saturated carbocycles. The van der Waals surface area contributed by atoms with Crippen molar-refractivity contribution in [2.24, 2.45) is 5.92 Å². The van der Waals surface area contributed by atoms with Gasteiger partial charge in [-0.2, -0.15) is 0 Å². The SMILES string of the molecule is CCCNCCNC(=O)C(C)CCOc1ccccc1. The van der Waals surface area contributed by atoms with Gasteiger partial charge in [0.1, 0.15) is 5.75 Å². The van der Waals surface area contributed by atoms with Crippen molar-refractivity contribution in [2.45, 2.75) is 26.7 Å². The third-order valence-corrected chi connectivity index (χ3v) is 3.04. The minimum Gasteiger partial charge on any atom is -0.494 e. The number of para-hydroxylation sites is 1. The van der Waals surface area contributed by atoms with Crippen LogP contribution >= 0.6 is 0 Å². The molecule has 4 heteroatoms. The monoisotopic (exact) mass is 278 g/mol. The predicted molar refractivity (Wildman–Crippen MR) is 81.9 cm³/mol.